The van der Waals surface area contributed by atoms with Gasteiger partial charge in [0.2, 0.25) is 12.7 Å². The summed E-state index contributed by atoms with van der Waals surface area (Å²) >= 11 is 0. The molecular weight excluding hydrogens is 296 g/mol. The largest absolute Gasteiger partial charge is 0.454 e. The van der Waals surface area contributed by atoms with E-state index in [4.69, 9.17) is 19.9 Å². The van der Waals surface area contributed by atoms with Gasteiger partial charge in [-0.1, -0.05) is 6.07 Å². The third-order valence-electron chi connectivity index (χ3n) is 4.56. The Morgan fingerprint density at radius 2 is 2.04 bits per heavy atom. The van der Waals surface area contributed by atoms with Crippen LogP contribution in [-0.2, 0) is 16.1 Å². The van der Waals surface area contributed by atoms with E-state index >= 15 is 0 Å². The van der Waals surface area contributed by atoms with Crippen LogP contribution in [0.15, 0.2) is 18.2 Å². The third kappa shape index (κ3) is 3.59. The van der Waals surface area contributed by atoms with Gasteiger partial charge >= 0.3 is 0 Å². The molecule has 0 aliphatic carbocycles. The maximum Gasteiger partial charge on any atom is 0.240 e. The monoisotopic (exact) mass is 320 g/mol. The highest BCUT2D eigenvalue weighted by Crippen LogP contribution is 2.33. The van der Waals surface area contributed by atoms with Gasteiger partial charge in [0.1, 0.15) is 0 Å². The van der Waals surface area contributed by atoms with E-state index < -0.39 is 6.04 Å². The fourth-order valence-corrected chi connectivity index (χ4v) is 3.09. The van der Waals surface area contributed by atoms with Crippen LogP contribution in [0.25, 0.3) is 0 Å². The lowest BCUT2D eigenvalue weighted by Crippen LogP contribution is -2.48. The number of nitrogens with two attached hydrogens (primary N) is 1. The summed E-state index contributed by atoms with van der Waals surface area (Å²) in [6.07, 6.45) is 1.71. The highest BCUT2D eigenvalue weighted by atomic mass is 16.7. The molecule has 0 saturated carbocycles. The van der Waals surface area contributed by atoms with Crippen LogP contribution in [0, 0.1) is 5.92 Å². The van der Waals surface area contributed by atoms with E-state index in [0.717, 1.165) is 29.9 Å². The molecule has 2 aliphatic rings. The first-order valence-corrected chi connectivity index (χ1v) is 8.19. The van der Waals surface area contributed by atoms with Crippen molar-refractivity contribution in [3.8, 4) is 11.5 Å². The Bertz CT molecular complexity index is 558. The number of hydrogen-bond acceptors (Lipinski definition) is 5. The van der Waals surface area contributed by atoms with Gasteiger partial charge in [0, 0.05) is 26.3 Å². The van der Waals surface area contributed by atoms with Crippen molar-refractivity contribution in [1.82, 2.24) is 4.90 Å². The van der Waals surface area contributed by atoms with Crippen molar-refractivity contribution in [1.29, 1.82) is 0 Å². The highest BCUT2D eigenvalue weighted by molar-refractivity contribution is 5.82. The summed E-state index contributed by atoms with van der Waals surface area (Å²) in [5.41, 5.74) is 7.24. The second kappa shape index (κ2) is 7.19. The molecule has 6 nitrogen and oxygen atoms in total. The fraction of sp³-hybridized carbons (Fsp3) is 0.588. The summed E-state index contributed by atoms with van der Waals surface area (Å²) in [7, 11) is 0. The fourth-order valence-electron chi connectivity index (χ4n) is 3.09. The van der Waals surface area contributed by atoms with Crippen LogP contribution in [0.3, 0.4) is 0 Å². The first kappa shape index (κ1) is 16.1. The normalized spacial score (nSPS) is 18.7. The SMILES string of the molecule is CCN(Cc1ccc2c(c1)OCO2)C(=O)C(N)C1CCOCC1. The van der Waals surface area contributed by atoms with Crippen molar-refractivity contribution < 1.29 is 19.0 Å². The topological polar surface area (TPSA) is 74.0 Å². The lowest BCUT2D eigenvalue weighted by atomic mass is 9.91. The van der Waals surface area contributed by atoms with Crippen LogP contribution < -0.4 is 15.2 Å². The van der Waals surface area contributed by atoms with Crippen molar-refractivity contribution >= 4 is 5.91 Å². The third-order valence-corrected chi connectivity index (χ3v) is 4.56. The van der Waals surface area contributed by atoms with E-state index in [-0.39, 0.29) is 18.6 Å². The van der Waals surface area contributed by atoms with Crippen molar-refractivity contribution in [2.75, 3.05) is 26.6 Å². The number of rotatable bonds is 5. The van der Waals surface area contributed by atoms with Crippen LogP contribution in [0.4, 0.5) is 0 Å². The van der Waals surface area contributed by atoms with E-state index in [1.807, 2.05) is 25.1 Å². The molecule has 3 rings (SSSR count). The Hall–Kier alpha value is -1.79. The van der Waals surface area contributed by atoms with Gasteiger partial charge in [0.05, 0.1) is 6.04 Å². The van der Waals surface area contributed by atoms with E-state index in [1.54, 1.807) is 4.90 Å². The summed E-state index contributed by atoms with van der Waals surface area (Å²) in [5.74, 6) is 1.71. The van der Waals surface area contributed by atoms with E-state index in [0.29, 0.717) is 26.3 Å². The quantitative estimate of drug-likeness (QED) is 0.890. The van der Waals surface area contributed by atoms with Gasteiger partial charge in [-0.3, -0.25) is 4.79 Å². The number of fused-ring (bicyclic) bond motifs is 1. The van der Waals surface area contributed by atoms with Crippen molar-refractivity contribution in [2.24, 2.45) is 11.7 Å². The van der Waals surface area contributed by atoms with Gasteiger partial charge in [0.15, 0.2) is 11.5 Å². The summed E-state index contributed by atoms with van der Waals surface area (Å²) in [6.45, 7) is 4.78. The second-order valence-electron chi connectivity index (χ2n) is 6.02. The zero-order valence-electron chi connectivity index (χ0n) is 13.5. The molecular formula is C17H24N2O4. The molecule has 23 heavy (non-hydrogen) atoms. The van der Waals surface area contributed by atoms with Crippen LogP contribution >= 0.6 is 0 Å². The highest BCUT2D eigenvalue weighted by Gasteiger charge is 2.29. The molecule has 1 aromatic carbocycles. The molecule has 1 atom stereocenters. The van der Waals surface area contributed by atoms with Gasteiger partial charge in [-0.2, -0.15) is 0 Å². The minimum Gasteiger partial charge on any atom is -0.454 e. The minimum atomic E-state index is -0.451. The number of nitrogens with zero attached hydrogens (tertiary/aromatic N) is 1. The molecule has 1 fully saturated rings. The first-order chi connectivity index (χ1) is 11.2. The number of amides is 1. The lowest BCUT2D eigenvalue weighted by Gasteiger charge is -2.31. The van der Waals surface area contributed by atoms with E-state index in [1.165, 1.54) is 0 Å². The predicted octanol–water partition coefficient (Wildman–Crippen LogP) is 1.52. The molecule has 6 heteroatoms. The number of hydrogen-bond donors (Lipinski definition) is 1. The summed E-state index contributed by atoms with van der Waals surface area (Å²) < 4.78 is 16.1. The molecule has 2 aliphatic heterocycles. The van der Waals surface area contributed by atoms with Crippen molar-refractivity contribution in [2.45, 2.75) is 32.4 Å². The van der Waals surface area contributed by atoms with Gasteiger partial charge in [-0.25, -0.2) is 0 Å². The Morgan fingerprint density at radius 3 is 2.78 bits per heavy atom. The first-order valence-electron chi connectivity index (χ1n) is 8.19. The molecule has 0 bridgehead atoms. The average molecular weight is 320 g/mol. The molecule has 2 heterocycles. The number of benzene rings is 1. The molecule has 2 N–H and O–H groups in total. The Kier molecular flexibility index (Phi) is 5.03. The maximum absolute atomic E-state index is 12.7. The summed E-state index contributed by atoms with van der Waals surface area (Å²) in [5, 5.41) is 0. The van der Waals surface area contributed by atoms with Gasteiger partial charge < -0.3 is 24.8 Å². The molecule has 0 aromatic heterocycles. The molecule has 0 spiro atoms. The molecule has 126 valence electrons. The standard InChI is InChI=1S/C17H24N2O4/c1-2-19(17(20)16(18)13-5-7-21-8-6-13)10-12-3-4-14-15(9-12)23-11-22-14/h3-4,9,13,16H,2,5-8,10-11,18H2,1H3. The number of ether oxygens (including phenoxy) is 3. The molecule has 1 unspecified atom stereocenters. The van der Waals surface area contributed by atoms with Gasteiger partial charge in [0.25, 0.3) is 0 Å². The van der Waals surface area contributed by atoms with Gasteiger partial charge in [-0.05, 0) is 43.4 Å². The van der Waals surface area contributed by atoms with Gasteiger partial charge in [-0.15, -0.1) is 0 Å². The van der Waals surface area contributed by atoms with Crippen molar-refractivity contribution in [3.63, 3.8) is 0 Å². The average Bonchev–Trinajstić information content (AvgIpc) is 3.07. The molecule has 1 saturated heterocycles. The number of likely N-dealkylation sites (N-methyl/N-ethyl adjacent to an activating group) is 1. The Balaban J connectivity index is 1.65. The predicted molar refractivity (Wildman–Crippen MR) is 85.2 cm³/mol. The van der Waals surface area contributed by atoms with Crippen LogP contribution in [0.2, 0.25) is 0 Å². The summed E-state index contributed by atoms with van der Waals surface area (Å²) in [6, 6.07) is 5.32. The van der Waals surface area contributed by atoms with Crippen LogP contribution in [0.1, 0.15) is 25.3 Å². The van der Waals surface area contributed by atoms with E-state index in [2.05, 4.69) is 0 Å². The number of carbonyl (C=O) groups excluding carboxylic acids is 1. The second-order valence-corrected chi connectivity index (χ2v) is 6.02. The molecule has 0 radical (unpaired) electrons. The smallest absolute Gasteiger partial charge is 0.240 e. The zero-order chi connectivity index (χ0) is 16.2. The van der Waals surface area contributed by atoms with E-state index in [9.17, 15) is 4.79 Å². The molecule has 1 aromatic rings. The summed E-state index contributed by atoms with van der Waals surface area (Å²) in [4.78, 5) is 14.5. The maximum atomic E-state index is 12.7. The Morgan fingerprint density at radius 1 is 1.30 bits per heavy atom. The minimum absolute atomic E-state index is 0.0112. The van der Waals surface area contributed by atoms with Crippen LogP contribution in [0.5, 0.6) is 11.5 Å². The Labute approximate surface area is 136 Å². The van der Waals surface area contributed by atoms with Crippen LogP contribution in [-0.4, -0.2) is 43.4 Å². The number of carbonyl (C=O) groups is 1. The lowest BCUT2D eigenvalue weighted by molar-refractivity contribution is -0.135. The zero-order valence-corrected chi connectivity index (χ0v) is 13.5. The van der Waals surface area contributed by atoms with Crippen molar-refractivity contribution in [3.05, 3.63) is 23.8 Å². The molecule has 1 amide bonds.